The number of hydrogen-bond donors (Lipinski definition) is 3. The molecule has 0 radical (unpaired) electrons. The maximum absolute atomic E-state index is 10.9. The van der Waals surface area contributed by atoms with Crippen molar-refractivity contribution in [3.05, 3.63) is 83.2 Å². The molecule has 1 aliphatic heterocycles. The molecule has 136 valence electrons. The Morgan fingerprint density at radius 2 is 2.19 bits per heavy atom. The standard InChI is InChI=1S/C20H18ClN5O/c21-16-7-12(17(23)3-5-22)1-2-14(16)20(27)8-18-13-4-6-24-9-15(13)19-10-25-11-26(18)19/h1-7,9-11,18,20,23,27H,8,22H2/b5-3-,23-17?. The number of benzene rings is 1. The lowest BCUT2D eigenvalue weighted by molar-refractivity contribution is 0.154. The summed E-state index contributed by atoms with van der Waals surface area (Å²) in [6.07, 6.45) is 9.68. The molecular weight excluding hydrogens is 362 g/mol. The third-order valence-corrected chi connectivity index (χ3v) is 5.20. The molecule has 27 heavy (non-hydrogen) atoms. The van der Waals surface area contributed by atoms with Gasteiger partial charge in [0.05, 0.1) is 36.1 Å². The van der Waals surface area contributed by atoms with E-state index in [-0.39, 0.29) is 11.8 Å². The molecule has 4 N–H and O–H groups in total. The molecule has 3 heterocycles. The highest BCUT2D eigenvalue weighted by molar-refractivity contribution is 6.32. The van der Waals surface area contributed by atoms with Crippen molar-refractivity contribution < 1.29 is 5.11 Å². The van der Waals surface area contributed by atoms with Gasteiger partial charge in [-0.3, -0.25) is 4.98 Å². The summed E-state index contributed by atoms with van der Waals surface area (Å²) in [5.74, 6) is 0. The molecule has 4 rings (SSSR count). The van der Waals surface area contributed by atoms with E-state index in [1.54, 1.807) is 30.7 Å². The van der Waals surface area contributed by atoms with Crippen molar-refractivity contribution in [2.75, 3.05) is 0 Å². The van der Waals surface area contributed by atoms with E-state index in [4.69, 9.17) is 22.7 Å². The van der Waals surface area contributed by atoms with Crippen molar-refractivity contribution in [2.24, 2.45) is 5.73 Å². The van der Waals surface area contributed by atoms with Crippen molar-refractivity contribution >= 4 is 17.3 Å². The van der Waals surface area contributed by atoms with E-state index in [0.717, 1.165) is 16.8 Å². The van der Waals surface area contributed by atoms with Gasteiger partial charge < -0.3 is 20.8 Å². The number of halogens is 1. The molecule has 7 heteroatoms. The quantitative estimate of drug-likeness (QED) is 0.591. The average Bonchev–Trinajstić information content (AvgIpc) is 3.25. The molecule has 0 spiro atoms. The molecule has 0 fully saturated rings. The summed E-state index contributed by atoms with van der Waals surface area (Å²) in [6.45, 7) is 0. The van der Waals surface area contributed by atoms with Crippen LogP contribution in [0.15, 0.2) is 61.5 Å². The molecule has 1 aliphatic rings. The number of hydrogen-bond acceptors (Lipinski definition) is 5. The van der Waals surface area contributed by atoms with E-state index in [1.165, 1.54) is 12.3 Å². The fraction of sp³-hybridized carbons (Fsp3) is 0.150. The van der Waals surface area contributed by atoms with Gasteiger partial charge in [0.25, 0.3) is 0 Å². The Morgan fingerprint density at radius 3 is 2.96 bits per heavy atom. The average molecular weight is 380 g/mol. The molecule has 3 aromatic rings. The molecule has 0 saturated heterocycles. The molecule has 1 aromatic carbocycles. The normalized spacial score (nSPS) is 16.3. The van der Waals surface area contributed by atoms with Crippen LogP contribution in [0.4, 0.5) is 0 Å². The Hall–Kier alpha value is -2.96. The zero-order valence-electron chi connectivity index (χ0n) is 14.4. The van der Waals surface area contributed by atoms with Gasteiger partial charge in [0.1, 0.15) is 0 Å². The highest BCUT2D eigenvalue weighted by Crippen LogP contribution is 2.43. The topological polar surface area (TPSA) is 101 Å². The monoisotopic (exact) mass is 379 g/mol. The van der Waals surface area contributed by atoms with Crippen LogP contribution in [0.1, 0.15) is 35.3 Å². The molecule has 2 aromatic heterocycles. The van der Waals surface area contributed by atoms with Gasteiger partial charge in [-0.25, -0.2) is 4.98 Å². The summed E-state index contributed by atoms with van der Waals surface area (Å²) in [5, 5.41) is 19.2. The van der Waals surface area contributed by atoms with Crippen LogP contribution in [0.2, 0.25) is 5.02 Å². The Kier molecular flexibility index (Phi) is 4.51. The van der Waals surface area contributed by atoms with Crippen molar-refractivity contribution in [3.8, 4) is 11.3 Å². The van der Waals surface area contributed by atoms with E-state index >= 15 is 0 Å². The molecule has 0 saturated carbocycles. The second kappa shape index (κ2) is 6.98. The number of pyridine rings is 1. The summed E-state index contributed by atoms with van der Waals surface area (Å²) < 4.78 is 2.06. The second-order valence-corrected chi connectivity index (χ2v) is 6.83. The van der Waals surface area contributed by atoms with Gasteiger partial charge in [-0.1, -0.05) is 23.7 Å². The minimum Gasteiger partial charge on any atom is -0.405 e. The van der Waals surface area contributed by atoms with Crippen LogP contribution in [-0.4, -0.2) is 25.4 Å². The van der Waals surface area contributed by atoms with E-state index in [9.17, 15) is 5.11 Å². The van der Waals surface area contributed by atoms with Gasteiger partial charge >= 0.3 is 0 Å². The van der Waals surface area contributed by atoms with Crippen molar-refractivity contribution in [1.29, 1.82) is 5.41 Å². The molecule has 0 bridgehead atoms. The van der Waals surface area contributed by atoms with E-state index < -0.39 is 6.10 Å². The first-order chi connectivity index (χ1) is 13.1. The van der Waals surface area contributed by atoms with Gasteiger partial charge in [0, 0.05) is 35.0 Å². The summed E-state index contributed by atoms with van der Waals surface area (Å²) in [4.78, 5) is 8.43. The number of nitrogens with one attached hydrogen (secondary N) is 1. The number of aliphatic hydroxyl groups excluding tert-OH is 1. The summed E-state index contributed by atoms with van der Waals surface area (Å²) in [5.41, 5.74) is 10.0. The van der Waals surface area contributed by atoms with Gasteiger partial charge in [-0.15, -0.1) is 0 Å². The summed E-state index contributed by atoms with van der Waals surface area (Å²) >= 11 is 6.39. The fourth-order valence-electron chi connectivity index (χ4n) is 3.56. The third-order valence-electron chi connectivity index (χ3n) is 4.87. The predicted octanol–water partition coefficient (Wildman–Crippen LogP) is 3.47. The van der Waals surface area contributed by atoms with E-state index in [0.29, 0.717) is 22.6 Å². The lowest BCUT2D eigenvalue weighted by Gasteiger charge is -2.20. The lowest BCUT2D eigenvalue weighted by atomic mass is 9.95. The summed E-state index contributed by atoms with van der Waals surface area (Å²) in [7, 11) is 0. The fourth-order valence-corrected chi connectivity index (χ4v) is 3.86. The van der Waals surface area contributed by atoms with Crippen LogP contribution in [0.3, 0.4) is 0 Å². The maximum atomic E-state index is 10.9. The van der Waals surface area contributed by atoms with Crippen LogP contribution >= 0.6 is 11.6 Å². The number of aliphatic hydroxyl groups is 1. The maximum Gasteiger partial charge on any atom is 0.0956 e. The van der Waals surface area contributed by atoms with Crippen LogP contribution in [0, 0.1) is 5.41 Å². The molecule has 0 amide bonds. The smallest absolute Gasteiger partial charge is 0.0956 e. The van der Waals surface area contributed by atoms with Gasteiger partial charge in [-0.05, 0) is 35.5 Å². The van der Waals surface area contributed by atoms with Crippen molar-refractivity contribution in [3.63, 3.8) is 0 Å². The number of fused-ring (bicyclic) bond motifs is 3. The minimum absolute atomic E-state index is 0.0373. The first-order valence-corrected chi connectivity index (χ1v) is 8.88. The number of nitrogens with two attached hydrogens (primary N) is 1. The van der Waals surface area contributed by atoms with Crippen LogP contribution in [0.5, 0.6) is 0 Å². The Balaban J connectivity index is 1.62. The Labute approximate surface area is 161 Å². The van der Waals surface area contributed by atoms with E-state index in [2.05, 4.69) is 14.5 Å². The Bertz CT molecular complexity index is 1040. The zero-order chi connectivity index (χ0) is 19.0. The zero-order valence-corrected chi connectivity index (χ0v) is 15.1. The highest BCUT2D eigenvalue weighted by Gasteiger charge is 2.30. The number of imidazole rings is 1. The number of nitrogens with zero attached hydrogens (tertiary/aromatic N) is 3. The molecular formula is C20H18ClN5O. The number of rotatable bonds is 5. The van der Waals surface area contributed by atoms with Crippen LogP contribution in [0.25, 0.3) is 11.3 Å². The lowest BCUT2D eigenvalue weighted by Crippen LogP contribution is -2.11. The Morgan fingerprint density at radius 1 is 1.33 bits per heavy atom. The van der Waals surface area contributed by atoms with Crippen LogP contribution in [-0.2, 0) is 0 Å². The number of aromatic nitrogens is 3. The van der Waals surface area contributed by atoms with Crippen molar-refractivity contribution in [2.45, 2.75) is 18.6 Å². The van der Waals surface area contributed by atoms with Gasteiger partial charge in [-0.2, -0.15) is 0 Å². The van der Waals surface area contributed by atoms with Crippen molar-refractivity contribution in [1.82, 2.24) is 14.5 Å². The second-order valence-electron chi connectivity index (χ2n) is 6.43. The van der Waals surface area contributed by atoms with E-state index in [1.807, 2.05) is 18.5 Å². The molecule has 6 nitrogen and oxygen atoms in total. The first-order valence-electron chi connectivity index (χ1n) is 8.51. The third kappa shape index (κ3) is 3.03. The molecule has 0 aliphatic carbocycles. The predicted molar refractivity (Wildman–Crippen MR) is 105 cm³/mol. The largest absolute Gasteiger partial charge is 0.405 e. The van der Waals surface area contributed by atoms with Gasteiger partial charge in [0.2, 0.25) is 0 Å². The molecule has 2 unspecified atom stereocenters. The molecule has 2 atom stereocenters. The minimum atomic E-state index is -0.759. The SMILES string of the molecule is N=C(/C=C\N)c1ccc(C(O)CC2c3ccncc3-c3cncn32)c(Cl)c1. The summed E-state index contributed by atoms with van der Waals surface area (Å²) in [6, 6.07) is 7.15. The highest BCUT2D eigenvalue weighted by atomic mass is 35.5. The van der Waals surface area contributed by atoms with Crippen LogP contribution < -0.4 is 5.73 Å². The first kappa shape index (κ1) is 17.5. The van der Waals surface area contributed by atoms with Gasteiger partial charge in [0.15, 0.2) is 0 Å². The number of allylic oxidation sites excluding steroid dienone is 1.